The Hall–Kier alpha value is -1.40. The van der Waals surface area contributed by atoms with E-state index in [-0.39, 0.29) is 5.88 Å². The van der Waals surface area contributed by atoms with Crippen LogP contribution in [0.4, 0.5) is 5.88 Å². The van der Waals surface area contributed by atoms with E-state index >= 15 is 0 Å². The second-order valence-electron chi connectivity index (χ2n) is 5.80. The van der Waals surface area contributed by atoms with Gasteiger partial charge in [0.25, 0.3) is 0 Å². The van der Waals surface area contributed by atoms with E-state index in [1.807, 2.05) is 0 Å². The molecule has 0 aliphatic carbocycles. The number of nitrogens with one attached hydrogen (secondary N) is 1. The van der Waals surface area contributed by atoms with E-state index in [0.717, 1.165) is 19.6 Å². The topological polar surface area (TPSA) is 71.5 Å². The highest BCUT2D eigenvalue weighted by Crippen LogP contribution is 2.21. The average Bonchev–Trinajstić information content (AvgIpc) is 2.85. The van der Waals surface area contributed by atoms with E-state index in [9.17, 15) is 10.1 Å². The standard InChI is InChI=1S/C14H23N3O3/c1-11(2)15-8-12-4-3-7-16(9-12)10-13-5-6-14(20-13)17(18)19/h5-6,11-12,15H,3-4,7-10H2,1-2H3. The van der Waals surface area contributed by atoms with Gasteiger partial charge in [0.15, 0.2) is 0 Å². The molecule has 2 rings (SSSR count). The number of nitro groups is 1. The lowest BCUT2D eigenvalue weighted by molar-refractivity contribution is -0.402. The molecule has 1 N–H and O–H groups in total. The third-order valence-corrected chi connectivity index (χ3v) is 3.62. The van der Waals surface area contributed by atoms with Gasteiger partial charge in [-0.3, -0.25) is 15.0 Å². The summed E-state index contributed by atoms with van der Waals surface area (Å²) in [5.41, 5.74) is 0. The van der Waals surface area contributed by atoms with Gasteiger partial charge in [0.1, 0.15) is 10.7 Å². The first kappa shape index (κ1) is 15.0. The zero-order chi connectivity index (χ0) is 14.5. The highest BCUT2D eigenvalue weighted by atomic mass is 16.6. The van der Waals surface area contributed by atoms with Crippen LogP contribution in [0.2, 0.25) is 0 Å². The molecule has 0 amide bonds. The second-order valence-corrected chi connectivity index (χ2v) is 5.80. The van der Waals surface area contributed by atoms with Crippen molar-refractivity contribution in [3.05, 3.63) is 28.0 Å². The van der Waals surface area contributed by atoms with Crippen molar-refractivity contribution in [2.45, 2.75) is 39.3 Å². The zero-order valence-electron chi connectivity index (χ0n) is 12.2. The van der Waals surface area contributed by atoms with Crippen LogP contribution in [-0.4, -0.2) is 35.5 Å². The predicted molar refractivity (Wildman–Crippen MR) is 76.5 cm³/mol. The van der Waals surface area contributed by atoms with Crippen molar-refractivity contribution in [2.75, 3.05) is 19.6 Å². The maximum atomic E-state index is 10.6. The summed E-state index contributed by atoms with van der Waals surface area (Å²) in [7, 11) is 0. The molecule has 112 valence electrons. The van der Waals surface area contributed by atoms with Crippen molar-refractivity contribution in [3.63, 3.8) is 0 Å². The Labute approximate surface area is 119 Å². The van der Waals surface area contributed by atoms with Gasteiger partial charge in [0.05, 0.1) is 12.6 Å². The molecule has 0 aromatic carbocycles. The van der Waals surface area contributed by atoms with Crippen LogP contribution in [0.3, 0.4) is 0 Å². The molecule has 1 fully saturated rings. The Morgan fingerprint density at radius 1 is 1.55 bits per heavy atom. The fourth-order valence-corrected chi connectivity index (χ4v) is 2.63. The smallest absolute Gasteiger partial charge is 0.404 e. The summed E-state index contributed by atoms with van der Waals surface area (Å²) >= 11 is 0. The van der Waals surface area contributed by atoms with Gasteiger partial charge in [-0.05, 0) is 37.9 Å². The van der Waals surface area contributed by atoms with Gasteiger partial charge in [-0.1, -0.05) is 13.8 Å². The Kier molecular flexibility index (Phi) is 5.14. The molecule has 1 saturated heterocycles. The number of hydrogen-bond acceptors (Lipinski definition) is 5. The maximum absolute atomic E-state index is 10.6. The number of rotatable bonds is 6. The van der Waals surface area contributed by atoms with E-state index in [4.69, 9.17) is 4.42 Å². The van der Waals surface area contributed by atoms with E-state index in [0.29, 0.717) is 24.3 Å². The van der Waals surface area contributed by atoms with E-state index in [2.05, 4.69) is 24.1 Å². The number of likely N-dealkylation sites (tertiary alicyclic amines) is 1. The van der Waals surface area contributed by atoms with Gasteiger partial charge in [0, 0.05) is 12.6 Å². The van der Waals surface area contributed by atoms with Crippen molar-refractivity contribution in [1.29, 1.82) is 0 Å². The maximum Gasteiger partial charge on any atom is 0.433 e. The fraction of sp³-hybridized carbons (Fsp3) is 0.714. The third kappa shape index (κ3) is 4.31. The molecule has 0 saturated carbocycles. The van der Waals surface area contributed by atoms with Gasteiger partial charge in [-0.15, -0.1) is 0 Å². The third-order valence-electron chi connectivity index (χ3n) is 3.62. The molecule has 20 heavy (non-hydrogen) atoms. The summed E-state index contributed by atoms with van der Waals surface area (Å²) in [6, 6.07) is 3.64. The van der Waals surface area contributed by atoms with Crippen molar-refractivity contribution in [3.8, 4) is 0 Å². The lowest BCUT2D eigenvalue weighted by atomic mass is 9.97. The van der Waals surface area contributed by atoms with Crippen molar-refractivity contribution >= 4 is 5.88 Å². The minimum absolute atomic E-state index is 0.171. The fourth-order valence-electron chi connectivity index (χ4n) is 2.63. The van der Waals surface area contributed by atoms with E-state index in [1.54, 1.807) is 6.07 Å². The monoisotopic (exact) mass is 281 g/mol. The lowest BCUT2D eigenvalue weighted by Crippen LogP contribution is -2.40. The van der Waals surface area contributed by atoms with Crippen molar-refractivity contribution in [2.24, 2.45) is 5.92 Å². The molecule has 1 unspecified atom stereocenters. The first-order chi connectivity index (χ1) is 9.54. The van der Waals surface area contributed by atoms with Crippen LogP contribution in [-0.2, 0) is 6.54 Å². The first-order valence-electron chi connectivity index (χ1n) is 7.23. The van der Waals surface area contributed by atoms with Crippen LogP contribution in [0.5, 0.6) is 0 Å². The van der Waals surface area contributed by atoms with Crippen LogP contribution in [0.15, 0.2) is 16.5 Å². The number of piperidine rings is 1. The Morgan fingerprint density at radius 3 is 3.00 bits per heavy atom. The van der Waals surface area contributed by atoms with Gasteiger partial charge in [-0.25, -0.2) is 0 Å². The molecular formula is C14H23N3O3. The largest absolute Gasteiger partial charge is 0.433 e. The SMILES string of the molecule is CC(C)NCC1CCCN(Cc2ccc([N+](=O)[O-])o2)C1. The summed E-state index contributed by atoms with van der Waals surface area (Å²) in [4.78, 5) is 12.4. The Balaban J connectivity index is 1.84. The summed E-state index contributed by atoms with van der Waals surface area (Å²) < 4.78 is 5.22. The van der Waals surface area contributed by atoms with Crippen LogP contribution >= 0.6 is 0 Å². The summed E-state index contributed by atoms with van der Waals surface area (Å²) in [5.74, 6) is 1.15. The van der Waals surface area contributed by atoms with Crippen LogP contribution in [0, 0.1) is 16.0 Å². The molecule has 0 spiro atoms. The average molecular weight is 281 g/mol. The molecule has 6 heteroatoms. The minimum Gasteiger partial charge on any atom is -0.404 e. The van der Waals surface area contributed by atoms with Crippen molar-refractivity contribution in [1.82, 2.24) is 10.2 Å². The summed E-state index contributed by atoms with van der Waals surface area (Å²) in [6.07, 6.45) is 2.42. The molecule has 1 aliphatic rings. The molecule has 0 bridgehead atoms. The lowest BCUT2D eigenvalue weighted by Gasteiger charge is -2.32. The summed E-state index contributed by atoms with van der Waals surface area (Å²) in [6.45, 7) is 8.06. The zero-order valence-corrected chi connectivity index (χ0v) is 12.2. The quantitative estimate of drug-likeness (QED) is 0.640. The first-order valence-corrected chi connectivity index (χ1v) is 7.23. The van der Waals surface area contributed by atoms with Gasteiger partial charge < -0.3 is 9.73 Å². The highest BCUT2D eigenvalue weighted by Gasteiger charge is 2.21. The van der Waals surface area contributed by atoms with E-state index < -0.39 is 4.92 Å². The van der Waals surface area contributed by atoms with Gasteiger partial charge >= 0.3 is 5.88 Å². The molecule has 1 aromatic heterocycles. The molecule has 1 atom stereocenters. The highest BCUT2D eigenvalue weighted by molar-refractivity contribution is 5.17. The molecule has 0 radical (unpaired) electrons. The minimum atomic E-state index is -0.491. The number of nitrogens with zero attached hydrogens (tertiary/aromatic N) is 2. The molecule has 1 aromatic rings. The molecular weight excluding hydrogens is 258 g/mol. The van der Waals surface area contributed by atoms with E-state index in [1.165, 1.54) is 18.9 Å². The summed E-state index contributed by atoms with van der Waals surface area (Å²) in [5, 5.41) is 14.1. The predicted octanol–water partition coefficient (Wildman–Crippen LogP) is 2.40. The molecule has 1 aliphatic heterocycles. The molecule has 6 nitrogen and oxygen atoms in total. The van der Waals surface area contributed by atoms with Crippen molar-refractivity contribution < 1.29 is 9.34 Å². The molecule has 2 heterocycles. The second kappa shape index (κ2) is 6.85. The van der Waals surface area contributed by atoms with Gasteiger partial charge in [-0.2, -0.15) is 0 Å². The Bertz CT molecular complexity index is 445. The van der Waals surface area contributed by atoms with Crippen LogP contribution in [0.25, 0.3) is 0 Å². The van der Waals surface area contributed by atoms with Gasteiger partial charge in [0.2, 0.25) is 0 Å². The normalized spacial score (nSPS) is 20.4. The van der Waals surface area contributed by atoms with Crippen LogP contribution < -0.4 is 5.32 Å². The number of hydrogen-bond donors (Lipinski definition) is 1. The number of furan rings is 1. The van der Waals surface area contributed by atoms with Crippen LogP contribution in [0.1, 0.15) is 32.4 Å². The Morgan fingerprint density at radius 2 is 2.35 bits per heavy atom.